The summed E-state index contributed by atoms with van der Waals surface area (Å²) < 4.78 is 0. The van der Waals surface area contributed by atoms with Crippen LogP contribution in [0.4, 0.5) is 5.13 Å². The van der Waals surface area contributed by atoms with E-state index >= 15 is 0 Å². The van der Waals surface area contributed by atoms with E-state index < -0.39 is 0 Å². The van der Waals surface area contributed by atoms with E-state index in [1.54, 1.807) is 11.8 Å². The van der Waals surface area contributed by atoms with E-state index in [1.807, 2.05) is 5.38 Å². The lowest BCUT2D eigenvalue weighted by Gasteiger charge is -2.15. The molecule has 1 atom stereocenters. The van der Waals surface area contributed by atoms with Gasteiger partial charge in [-0.05, 0) is 0 Å². The van der Waals surface area contributed by atoms with Crippen molar-refractivity contribution in [3.63, 3.8) is 0 Å². The van der Waals surface area contributed by atoms with Gasteiger partial charge in [-0.15, -0.1) is 11.3 Å². The second-order valence-corrected chi connectivity index (χ2v) is 8.02. The van der Waals surface area contributed by atoms with E-state index in [1.165, 1.54) is 23.1 Å². The number of amides is 1. The fourth-order valence-corrected chi connectivity index (χ4v) is 3.90. The fourth-order valence-electron chi connectivity index (χ4n) is 1.91. The maximum absolute atomic E-state index is 12.0. The normalized spacial score (nSPS) is 20.1. The summed E-state index contributed by atoms with van der Waals surface area (Å²) in [6.45, 7) is 8.43. The number of anilines is 1. The van der Waals surface area contributed by atoms with Gasteiger partial charge in [0.1, 0.15) is 0 Å². The summed E-state index contributed by atoms with van der Waals surface area (Å²) in [4.78, 5) is 29.4. The average molecular weight is 298 g/mol. The van der Waals surface area contributed by atoms with Gasteiger partial charge in [0.2, 0.25) is 5.91 Å². The second kappa shape index (κ2) is 5.25. The summed E-state index contributed by atoms with van der Waals surface area (Å²) in [5.74, 6) is 0.0635. The van der Waals surface area contributed by atoms with Crippen molar-refractivity contribution in [2.45, 2.75) is 44.8 Å². The summed E-state index contributed by atoms with van der Waals surface area (Å²) in [5.41, 5.74) is 0.994. The molecule has 1 aromatic heterocycles. The predicted molar refractivity (Wildman–Crippen MR) is 79.8 cm³/mol. The molecule has 1 aliphatic rings. The van der Waals surface area contributed by atoms with Gasteiger partial charge < -0.3 is 0 Å². The summed E-state index contributed by atoms with van der Waals surface area (Å²) >= 11 is 2.75. The van der Waals surface area contributed by atoms with E-state index in [2.05, 4.69) is 25.8 Å². The number of hydrogen-bond acceptors (Lipinski definition) is 5. The number of rotatable bonds is 2. The SMILES string of the molecule is CC(=O)SC1CC(=O)N(c2nc(C(C)(C)C)cs2)C1. The van der Waals surface area contributed by atoms with E-state index in [0.717, 1.165) is 10.8 Å². The summed E-state index contributed by atoms with van der Waals surface area (Å²) in [6.07, 6.45) is 0.425. The van der Waals surface area contributed by atoms with Crippen molar-refractivity contribution in [1.29, 1.82) is 0 Å². The van der Waals surface area contributed by atoms with E-state index in [-0.39, 0.29) is 21.7 Å². The van der Waals surface area contributed by atoms with Crippen LogP contribution in [-0.2, 0) is 15.0 Å². The molecule has 2 heterocycles. The fraction of sp³-hybridized carbons (Fsp3) is 0.615. The highest BCUT2D eigenvalue weighted by Crippen LogP contribution is 2.33. The highest BCUT2D eigenvalue weighted by Gasteiger charge is 2.34. The Morgan fingerprint density at radius 2 is 2.21 bits per heavy atom. The first-order valence-corrected chi connectivity index (χ1v) is 7.97. The Bertz CT molecular complexity index is 505. The molecule has 4 nitrogen and oxygen atoms in total. The minimum absolute atomic E-state index is 0.00887. The Morgan fingerprint density at radius 1 is 1.53 bits per heavy atom. The molecule has 1 aliphatic heterocycles. The molecule has 1 unspecified atom stereocenters. The molecular formula is C13H18N2O2S2. The summed E-state index contributed by atoms with van der Waals surface area (Å²) in [7, 11) is 0. The van der Waals surface area contributed by atoms with Gasteiger partial charge in [0.15, 0.2) is 10.2 Å². The van der Waals surface area contributed by atoms with Crippen LogP contribution >= 0.6 is 23.1 Å². The summed E-state index contributed by atoms with van der Waals surface area (Å²) in [6, 6.07) is 0. The Hall–Kier alpha value is -0.880. The number of thiazole rings is 1. The van der Waals surface area contributed by atoms with E-state index in [4.69, 9.17) is 0 Å². The third-order valence-electron chi connectivity index (χ3n) is 2.91. The van der Waals surface area contributed by atoms with Crippen molar-refractivity contribution in [1.82, 2.24) is 4.98 Å². The number of carbonyl (C=O) groups is 2. The molecule has 1 saturated heterocycles. The van der Waals surface area contributed by atoms with E-state index in [9.17, 15) is 9.59 Å². The highest BCUT2D eigenvalue weighted by atomic mass is 32.2. The van der Waals surface area contributed by atoms with Crippen LogP contribution < -0.4 is 4.90 Å². The largest absolute Gasteiger partial charge is 0.288 e. The van der Waals surface area contributed by atoms with Gasteiger partial charge in [-0.2, -0.15) is 0 Å². The molecule has 0 saturated carbocycles. The molecule has 2 rings (SSSR count). The molecular weight excluding hydrogens is 280 g/mol. The Balaban J connectivity index is 2.12. The van der Waals surface area contributed by atoms with Gasteiger partial charge in [-0.25, -0.2) is 4.98 Å². The van der Waals surface area contributed by atoms with Crippen molar-refractivity contribution in [2.24, 2.45) is 0 Å². The molecule has 1 fully saturated rings. The van der Waals surface area contributed by atoms with Crippen molar-refractivity contribution in [3.05, 3.63) is 11.1 Å². The van der Waals surface area contributed by atoms with Crippen molar-refractivity contribution in [2.75, 3.05) is 11.4 Å². The monoisotopic (exact) mass is 298 g/mol. The first-order chi connectivity index (χ1) is 8.77. The highest BCUT2D eigenvalue weighted by molar-refractivity contribution is 8.14. The Morgan fingerprint density at radius 3 is 2.74 bits per heavy atom. The van der Waals surface area contributed by atoms with Gasteiger partial charge in [0.05, 0.1) is 5.69 Å². The third kappa shape index (κ3) is 3.36. The maximum atomic E-state index is 12.0. The van der Waals surface area contributed by atoms with Gasteiger partial charge >= 0.3 is 0 Å². The zero-order valence-electron chi connectivity index (χ0n) is 11.6. The Labute approximate surface area is 121 Å². The number of thioether (sulfide) groups is 1. The average Bonchev–Trinajstić information content (AvgIpc) is 2.82. The van der Waals surface area contributed by atoms with Gasteiger partial charge in [0.25, 0.3) is 0 Å². The number of carbonyl (C=O) groups excluding carboxylic acids is 2. The van der Waals surface area contributed by atoms with Crippen molar-refractivity contribution in [3.8, 4) is 0 Å². The maximum Gasteiger partial charge on any atom is 0.230 e. The van der Waals surface area contributed by atoms with Crippen LogP contribution in [0.3, 0.4) is 0 Å². The van der Waals surface area contributed by atoms with Crippen LogP contribution in [0.25, 0.3) is 0 Å². The quantitative estimate of drug-likeness (QED) is 0.842. The van der Waals surface area contributed by atoms with Crippen LogP contribution in [0.1, 0.15) is 39.8 Å². The lowest BCUT2D eigenvalue weighted by molar-refractivity contribution is -0.117. The summed E-state index contributed by atoms with van der Waals surface area (Å²) in [5, 5.41) is 2.89. The molecule has 1 aromatic rings. The molecule has 104 valence electrons. The van der Waals surface area contributed by atoms with Gasteiger partial charge in [0, 0.05) is 35.9 Å². The van der Waals surface area contributed by atoms with Crippen LogP contribution in [0.15, 0.2) is 5.38 Å². The topological polar surface area (TPSA) is 50.3 Å². The third-order valence-corrected chi connectivity index (χ3v) is 4.76. The molecule has 0 N–H and O–H groups in total. The molecule has 0 aromatic carbocycles. The molecule has 0 aliphatic carbocycles. The molecule has 0 spiro atoms. The predicted octanol–water partition coefficient (Wildman–Crippen LogP) is 2.83. The number of aromatic nitrogens is 1. The van der Waals surface area contributed by atoms with E-state index in [0.29, 0.717) is 13.0 Å². The van der Waals surface area contributed by atoms with Crippen LogP contribution in [0.5, 0.6) is 0 Å². The van der Waals surface area contributed by atoms with Crippen molar-refractivity contribution < 1.29 is 9.59 Å². The molecule has 6 heteroatoms. The standard InChI is InChI=1S/C13H18N2O2S2/c1-8(16)19-9-5-11(17)15(6-9)12-14-10(7-18-12)13(2,3)4/h7,9H,5-6H2,1-4H3. The zero-order valence-corrected chi connectivity index (χ0v) is 13.2. The van der Waals surface area contributed by atoms with Crippen LogP contribution in [-0.4, -0.2) is 27.8 Å². The smallest absolute Gasteiger partial charge is 0.230 e. The number of hydrogen-bond donors (Lipinski definition) is 0. The van der Waals surface area contributed by atoms with Gasteiger partial charge in [-0.1, -0.05) is 32.5 Å². The van der Waals surface area contributed by atoms with Crippen molar-refractivity contribution >= 4 is 39.3 Å². The molecule has 0 bridgehead atoms. The molecule has 0 radical (unpaired) electrons. The minimum atomic E-state index is -0.00887. The molecule has 19 heavy (non-hydrogen) atoms. The zero-order chi connectivity index (χ0) is 14.2. The minimum Gasteiger partial charge on any atom is -0.288 e. The first-order valence-electron chi connectivity index (χ1n) is 6.21. The lowest BCUT2D eigenvalue weighted by atomic mass is 9.93. The van der Waals surface area contributed by atoms with Crippen LogP contribution in [0.2, 0.25) is 0 Å². The second-order valence-electron chi connectivity index (χ2n) is 5.71. The lowest BCUT2D eigenvalue weighted by Crippen LogP contribution is -2.25. The molecule has 1 amide bonds. The van der Waals surface area contributed by atoms with Gasteiger partial charge in [-0.3, -0.25) is 14.5 Å². The first kappa shape index (κ1) is 14.5. The van der Waals surface area contributed by atoms with Crippen LogP contribution in [0, 0.1) is 0 Å². The Kier molecular flexibility index (Phi) is 4.01. The number of nitrogens with zero attached hydrogens (tertiary/aromatic N) is 2.